The third-order valence-corrected chi connectivity index (χ3v) is 4.64. The van der Waals surface area contributed by atoms with Crippen LogP contribution in [0.25, 0.3) is 16.7 Å². The second-order valence-corrected chi connectivity index (χ2v) is 6.02. The van der Waals surface area contributed by atoms with Gasteiger partial charge in [-0.1, -0.05) is 19.3 Å². The topological polar surface area (TPSA) is 30.7 Å². The summed E-state index contributed by atoms with van der Waals surface area (Å²) in [6.45, 7) is 0. The minimum atomic E-state index is -0.219. The SMILES string of the molecule is Fc1ccc(-n2cc(C3CCCCC3)c3ncncc32)cc1. The van der Waals surface area contributed by atoms with E-state index >= 15 is 0 Å². The van der Waals surface area contributed by atoms with E-state index in [0.717, 1.165) is 16.7 Å². The van der Waals surface area contributed by atoms with Crippen LogP contribution in [0.3, 0.4) is 0 Å². The number of benzene rings is 1. The van der Waals surface area contributed by atoms with Gasteiger partial charge in [0.2, 0.25) is 0 Å². The molecule has 1 aromatic carbocycles. The highest BCUT2D eigenvalue weighted by Crippen LogP contribution is 2.37. The van der Waals surface area contributed by atoms with Gasteiger partial charge in [-0.25, -0.2) is 14.4 Å². The average Bonchev–Trinajstić information content (AvgIpc) is 2.96. The van der Waals surface area contributed by atoms with Gasteiger partial charge < -0.3 is 4.57 Å². The third-order valence-electron chi connectivity index (χ3n) is 4.64. The van der Waals surface area contributed by atoms with Gasteiger partial charge in [0.25, 0.3) is 0 Å². The summed E-state index contributed by atoms with van der Waals surface area (Å²) < 4.78 is 15.3. The molecule has 1 aliphatic rings. The van der Waals surface area contributed by atoms with Gasteiger partial charge in [-0.3, -0.25) is 0 Å². The largest absolute Gasteiger partial charge is 0.313 e. The van der Waals surface area contributed by atoms with Crippen LogP contribution < -0.4 is 0 Å². The fraction of sp³-hybridized carbons (Fsp3) is 0.333. The number of rotatable bonds is 2. The van der Waals surface area contributed by atoms with E-state index in [1.165, 1.54) is 49.8 Å². The van der Waals surface area contributed by atoms with Crippen molar-refractivity contribution in [1.29, 1.82) is 0 Å². The molecule has 0 unspecified atom stereocenters. The lowest BCUT2D eigenvalue weighted by molar-refractivity contribution is 0.445. The molecule has 0 N–H and O–H groups in total. The van der Waals surface area contributed by atoms with E-state index in [1.807, 2.05) is 6.20 Å². The molecule has 1 aliphatic carbocycles. The highest BCUT2D eigenvalue weighted by molar-refractivity contribution is 5.81. The standard InChI is InChI=1S/C18H18FN3/c19-14-6-8-15(9-7-14)22-11-16(13-4-2-1-3-5-13)18-17(22)10-20-12-21-18/h6-13H,1-5H2. The van der Waals surface area contributed by atoms with Gasteiger partial charge >= 0.3 is 0 Å². The van der Waals surface area contributed by atoms with Gasteiger partial charge in [-0.15, -0.1) is 0 Å². The van der Waals surface area contributed by atoms with Crippen LogP contribution in [0.1, 0.15) is 43.6 Å². The Kier molecular flexibility index (Phi) is 3.37. The van der Waals surface area contributed by atoms with Crippen LogP contribution in [0.5, 0.6) is 0 Å². The minimum Gasteiger partial charge on any atom is -0.313 e. The lowest BCUT2D eigenvalue weighted by atomic mass is 9.85. The Hall–Kier alpha value is -2.23. The molecule has 3 aromatic rings. The quantitative estimate of drug-likeness (QED) is 0.691. The van der Waals surface area contributed by atoms with Crippen LogP contribution in [0.4, 0.5) is 4.39 Å². The number of nitrogens with zero attached hydrogens (tertiary/aromatic N) is 3. The van der Waals surface area contributed by atoms with Crippen LogP contribution in [0.15, 0.2) is 43.0 Å². The number of fused-ring (bicyclic) bond motifs is 1. The van der Waals surface area contributed by atoms with Crippen molar-refractivity contribution >= 4 is 11.0 Å². The van der Waals surface area contributed by atoms with E-state index in [1.54, 1.807) is 18.5 Å². The third kappa shape index (κ3) is 2.28. The molecule has 112 valence electrons. The number of aromatic nitrogens is 3. The minimum absolute atomic E-state index is 0.219. The van der Waals surface area contributed by atoms with Gasteiger partial charge in [-0.2, -0.15) is 0 Å². The zero-order valence-corrected chi connectivity index (χ0v) is 12.4. The molecule has 3 nitrogen and oxygen atoms in total. The van der Waals surface area contributed by atoms with Crippen molar-refractivity contribution in [2.75, 3.05) is 0 Å². The summed E-state index contributed by atoms with van der Waals surface area (Å²) in [4.78, 5) is 8.68. The van der Waals surface area contributed by atoms with E-state index in [0.29, 0.717) is 5.92 Å². The van der Waals surface area contributed by atoms with Gasteiger partial charge in [-0.05, 0) is 48.6 Å². The molecule has 0 bridgehead atoms. The Morgan fingerprint density at radius 3 is 2.59 bits per heavy atom. The molecule has 0 saturated heterocycles. The maximum Gasteiger partial charge on any atom is 0.123 e. The summed E-state index contributed by atoms with van der Waals surface area (Å²) in [5, 5.41) is 0. The van der Waals surface area contributed by atoms with Crippen LogP contribution in [-0.4, -0.2) is 14.5 Å². The van der Waals surface area contributed by atoms with Crippen molar-refractivity contribution < 1.29 is 4.39 Å². The predicted octanol–water partition coefficient (Wildman–Crippen LogP) is 4.61. The second kappa shape index (κ2) is 5.52. The van der Waals surface area contributed by atoms with Gasteiger partial charge in [0, 0.05) is 11.9 Å². The number of hydrogen-bond acceptors (Lipinski definition) is 2. The highest BCUT2D eigenvalue weighted by atomic mass is 19.1. The van der Waals surface area contributed by atoms with E-state index in [9.17, 15) is 4.39 Å². The normalized spacial score (nSPS) is 16.2. The average molecular weight is 295 g/mol. The van der Waals surface area contributed by atoms with Crippen molar-refractivity contribution in [3.8, 4) is 5.69 Å². The van der Waals surface area contributed by atoms with Crippen LogP contribution in [0, 0.1) is 5.82 Å². The van der Waals surface area contributed by atoms with Crippen LogP contribution >= 0.6 is 0 Å². The zero-order valence-electron chi connectivity index (χ0n) is 12.4. The molecule has 4 rings (SSSR count). The smallest absolute Gasteiger partial charge is 0.123 e. The molecule has 1 fully saturated rings. The monoisotopic (exact) mass is 295 g/mol. The van der Waals surface area contributed by atoms with Crippen molar-refractivity contribution in [2.24, 2.45) is 0 Å². The first-order chi connectivity index (χ1) is 10.8. The lowest BCUT2D eigenvalue weighted by Crippen LogP contribution is -2.04. The maximum absolute atomic E-state index is 13.2. The summed E-state index contributed by atoms with van der Waals surface area (Å²) in [6.07, 6.45) is 12.0. The summed E-state index contributed by atoms with van der Waals surface area (Å²) >= 11 is 0. The first-order valence-corrected chi connectivity index (χ1v) is 7.90. The molecule has 0 spiro atoms. The predicted molar refractivity (Wildman–Crippen MR) is 84.6 cm³/mol. The number of hydrogen-bond donors (Lipinski definition) is 0. The summed E-state index contributed by atoms with van der Waals surface area (Å²) in [5.41, 5.74) is 4.28. The zero-order chi connectivity index (χ0) is 14.9. The number of halogens is 1. The fourth-order valence-corrected chi connectivity index (χ4v) is 3.52. The molecule has 1 saturated carbocycles. The molecule has 22 heavy (non-hydrogen) atoms. The van der Waals surface area contributed by atoms with Crippen LogP contribution in [0.2, 0.25) is 0 Å². The molecule has 0 atom stereocenters. The highest BCUT2D eigenvalue weighted by Gasteiger charge is 2.21. The molecule has 0 amide bonds. The Bertz CT molecular complexity index is 786. The molecular weight excluding hydrogens is 277 g/mol. The molecular formula is C18H18FN3. The Morgan fingerprint density at radius 2 is 1.82 bits per heavy atom. The van der Waals surface area contributed by atoms with E-state index in [4.69, 9.17) is 0 Å². The molecule has 4 heteroatoms. The van der Waals surface area contributed by atoms with Gasteiger partial charge in [0.15, 0.2) is 0 Å². The van der Waals surface area contributed by atoms with Crippen molar-refractivity contribution in [2.45, 2.75) is 38.0 Å². The summed E-state index contributed by atoms with van der Waals surface area (Å²) in [7, 11) is 0. The summed E-state index contributed by atoms with van der Waals surface area (Å²) in [6, 6.07) is 6.58. The van der Waals surface area contributed by atoms with Gasteiger partial charge in [0.05, 0.1) is 17.2 Å². The molecule has 2 aromatic heterocycles. The second-order valence-electron chi connectivity index (χ2n) is 6.02. The lowest BCUT2D eigenvalue weighted by Gasteiger charge is -2.20. The van der Waals surface area contributed by atoms with Crippen molar-refractivity contribution in [1.82, 2.24) is 14.5 Å². The van der Waals surface area contributed by atoms with Gasteiger partial charge in [0.1, 0.15) is 12.1 Å². The van der Waals surface area contributed by atoms with Crippen molar-refractivity contribution in [3.05, 3.63) is 54.4 Å². The van der Waals surface area contributed by atoms with Crippen molar-refractivity contribution in [3.63, 3.8) is 0 Å². The van der Waals surface area contributed by atoms with Crippen LogP contribution in [-0.2, 0) is 0 Å². The Morgan fingerprint density at radius 1 is 1.05 bits per heavy atom. The first-order valence-electron chi connectivity index (χ1n) is 7.90. The Balaban J connectivity index is 1.86. The molecule has 2 heterocycles. The Labute approximate surface area is 128 Å². The first kappa shape index (κ1) is 13.4. The van der Waals surface area contributed by atoms with E-state index < -0.39 is 0 Å². The maximum atomic E-state index is 13.2. The summed E-state index contributed by atoms with van der Waals surface area (Å²) in [5.74, 6) is 0.358. The molecule has 0 aliphatic heterocycles. The molecule has 0 radical (unpaired) electrons. The fourth-order valence-electron chi connectivity index (χ4n) is 3.52. The van der Waals surface area contributed by atoms with E-state index in [2.05, 4.69) is 20.7 Å². The van der Waals surface area contributed by atoms with E-state index in [-0.39, 0.29) is 5.82 Å².